The molecule has 0 spiro atoms. The molecule has 8 nitrogen and oxygen atoms in total. The molecule has 2 aromatic heterocycles. The van der Waals surface area contributed by atoms with Crippen LogP contribution in [0.3, 0.4) is 0 Å². The fourth-order valence-corrected chi connectivity index (χ4v) is 5.00. The van der Waals surface area contributed by atoms with E-state index in [1.165, 1.54) is 0 Å². The van der Waals surface area contributed by atoms with Gasteiger partial charge in [-0.1, -0.05) is 12.1 Å². The van der Waals surface area contributed by atoms with Crippen molar-refractivity contribution >= 4 is 5.69 Å². The molecular formula is C27H34N6O2. The van der Waals surface area contributed by atoms with Gasteiger partial charge in [0.1, 0.15) is 6.23 Å². The Balaban J connectivity index is 1.14. The molecule has 8 heteroatoms. The predicted molar refractivity (Wildman–Crippen MR) is 135 cm³/mol. The Morgan fingerprint density at radius 3 is 2.60 bits per heavy atom. The molecule has 2 aliphatic heterocycles. The minimum absolute atomic E-state index is 0.441. The zero-order valence-electron chi connectivity index (χ0n) is 20.2. The van der Waals surface area contributed by atoms with E-state index in [1.807, 2.05) is 35.5 Å². The van der Waals surface area contributed by atoms with Gasteiger partial charge in [0.15, 0.2) is 0 Å². The second kappa shape index (κ2) is 9.70. The van der Waals surface area contributed by atoms with E-state index in [9.17, 15) is 5.11 Å². The average molecular weight is 475 g/mol. The van der Waals surface area contributed by atoms with Crippen molar-refractivity contribution in [2.45, 2.75) is 57.0 Å². The molecule has 1 unspecified atom stereocenters. The van der Waals surface area contributed by atoms with E-state index < -0.39 is 6.23 Å². The Bertz CT molecular complexity index is 1160. The van der Waals surface area contributed by atoms with Crippen LogP contribution in [0, 0.1) is 6.92 Å². The fraction of sp³-hybridized carbons (Fsp3) is 0.481. The van der Waals surface area contributed by atoms with Crippen molar-refractivity contribution in [3.8, 4) is 16.8 Å². The lowest BCUT2D eigenvalue weighted by Gasteiger charge is -2.41. The topological polar surface area (TPSA) is 87.5 Å². The third-order valence-corrected chi connectivity index (χ3v) is 7.47. The zero-order chi connectivity index (χ0) is 23.8. The molecule has 0 bridgehead atoms. The van der Waals surface area contributed by atoms with Crippen LogP contribution < -0.4 is 10.6 Å². The van der Waals surface area contributed by atoms with Crippen molar-refractivity contribution in [1.29, 1.82) is 0 Å². The smallest absolute Gasteiger partial charge is 0.131 e. The number of nitrogens with one attached hydrogen (secondary N) is 2. The molecule has 3 aliphatic rings. The van der Waals surface area contributed by atoms with Gasteiger partial charge in [-0.15, -0.1) is 0 Å². The van der Waals surface area contributed by atoms with Crippen LogP contribution in [-0.2, 0) is 4.74 Å². The van der Waals surface area contributed by atoms with Gasteiger partial charge in [-0.2, -0.15) is 5.10 Å². The van der Waals surface area contributed by atoms with Crippen LogP contribution in [0.1, 0.15) is 43.0 Å². The van der Waals surface area contributed by atoms with Crippen LogP contribution in [-0.4, -0.2) is 69.2 Å². The quantitative estimate of drug-likeness (QED) is 0.432. The molecule has 1 saturated carbocycles. The first-order valence-corrected chi connectivity index (χ1v) is 12.8. The van der Waals surface area contributed by atoms with Crippen molar-refractivity contribution in [3.05, 3.63) is 60.2 Å². The highest BCUT2D eigenvalue weighted by molar-refractivity contribution is 5.67. The van der Waals surface area contributed by atoms with E-state index in [0.29, 0.717) is 18.1 Å². The van der Waals surface area contributed by atoms with Crippen molar-refractivity contribution in [3.63, 3.8) is 0 Å². The van der Waals surface area contributed by atoms with Gasteiger partial charge in [0, 0.05) is 36.9 Å². The van der Waals surface area contributed by atoms with Crippen molar-refractivity contribution < 1.29 is 9.84 Å². The average Bonchev–Trinajstić information content (AvgIpc) is 3.51. The standard InChI is InChI=1S/C27H34N6O2/c1-18-2-3-19(27(34)31-21-4-5-21)10-26(18)20-12-29-33(15-20)24-11-23(13-28-14-24)30-22-6-8-32(9-7-22)25-16-35-17-25/h2-3,10-15,21-22,25,27,30-31,34H,4-9,16-17H2,1H3. The van der Waals surface area contributed by atoms with Crippen LogP contribution in [0.25, 0.3) is 16.8 Å². The molecule has 1 aliphatic carbocycles. The molecule has 184 valence electrons. The second-order valence-electron chi connectivity index (χ2n) is 10.2. The summed E-state index contributed by atoms with van der Waals surface area (Å²) < 4.78 is 7.22. The van der Waals surface area contributed by atoms with Gasteiger partial charge in [0.2, 0.25) is 0 Å². The Kier molecular flexibility index (Phi) is 6.28. The number of aryl methyl sites for hydroxylation is 1. The first-order valence-electron chi connectivity index (χ1n) is 12.8. The summed E-state index contributed by atoms with van der Waals surface area (Å²) in [5, 5.41) is 22.1. The number of aliphatic hydroxyl groups excluding tert-OH is 1. The number of hydrogen-bond acceptors (Lipinski definition) is 7. The first-order chi connectivity index (χ1) is 17.1. The van der Waals surface area contributed by atoms with E-state index in [2.05, 4.69) is 50.7 Å². The van der Waals surface area contributed by atoms with Crippen LogP contribution in [0.2, 0.25) is 0 Å². The van der Waals surface area contributed by atoms with Crippen molar-refractivity contribution in [1.82, 2.24) is 25.0 Å². The number of anilines is 1. The minimum Gasteiger partial charge on any atom is -0.381 e. The van der Waals surface area contributed by atoms with E-state index in [1.54, 1.807) is 0 Å². The number of aliphatic hydroxyl groups is 1. The largest absolute Gasteiger partial charge is 0.381 e. The Labute approximate surface area is 206 Å². The number of rotatable bonds is 8. The number of benzene rings is 1. The maximum Gasteiger partial charge on any atom is 0.131 e. The molecule has 1 aromatic carbocycles. The molecule has 0 radical (unpaired) electrons. The summed E-state index contributed by atoms with van der Waals surface area (Å²) >= 11 is 0. The number of piperidine rings is 1. The maximum atomic E-state index is 10.5. The highest BCUT2D eigenvalue weighted by Crippen LogP contribution is 2.29. The SMILES string of the molecule is Cc1ccc(C(O)NC2CC2)cc1-c1cnn(-c2cncc(NC3CCN(C4COC4)CC3)c2)c1. The summed E-state index contributed by atoms with van der Waals surface area (Å²) in [7, 11) is 0. The van der Waals surface area contributed by atoms with Gasteiger partial charge in [-0.3, -0.25) is 15.2 Å². The summed E-state index contributed by atoms with van der Waals surface area (Å²) in [5.74, 6) is 0. The highest BCUT2D eigenvalue weighted by atomic mass is 16.5. The van der Waals surface area contributed by atoms with Crippen molar-refractivity contribution in [2.24, 2.45) is 0 Å². The lowest BCUT2D eigenvalue weighted by Crippen LogP contribution is -2.53. The minimum atomic E-state index is -0.641. The molecule has 4 heterocycles. The van der Waals surface area contributed by atoms with Crippen LogP contribution in [0.4, 0.5) is 5.69 Å². The molecule has 6 rings (SSSR count). The monoisotopic (exact) mass is 474 g/mol. The summed E-state index contributed by atoms with van der Waals surface area (Å²) in [6.07, 6.45) is 11.5. The van der Waals surface area contributed by atoms with Gasteiger partial charge >= 0.3 is 0 Å². The lowest BCUT2D eigenvalue weighted by molar-refractivity contribution is -0.0705. The first kappa shape index (κ1) is 22.7. The van der Waals surface area contributed by atoms with Gasteiger partial charge in [-0.05, 0) is 61.4 Å². The van der Waals surface area contributed by atoms with E-state index in [0.717, 1.165) is 85.6 Å². The molecule has 2 saturated heterocycles. The Morgan fingerprint density at radius 2 is 1.86 bits per heavy atom. The van der Waals surface area contributed by atoms with Gasteiger partial charge in [-0.25, -0.2) is 4.68 Å². The third-order valence-electron chi connectivity index (χ3n) is 7.47. The summed E-state index contributed by atoms with van der Waals surface area (Å²) in [4.78, 5) is 7.03. The van der Waals surface area contributed by atoms with E-state index >= 15 is 0 Å². The molecule has 35 heavy (non-hydrogen) atoms. The van der Waals surface area contributed by atoms with Crippen LogP contribution in [0.15, 0.2) is 49.1 Å². The van der Waals surface area contributed by atoms with Gasteiger partial charge < -0.3 is 15.2 Å². The number of ether oxygens (including phenoxy) is 1. The predicted octanol–water partition coefficient (Wildman–Crippen LogP) is 3.26. The zero-order valence-corrected chi connectivity index (χ0v) is 20.2. The Hall–Kier alpha value is -2.78. The molecule has 3 aromatic rings. The van der Waals surface area contributed by atoms with Gasteiger partial charge in [0.25, 0.3) is 0 Å². The molecule has 3 N–H and O–H groups in total. The molecular weight excluding hydrogens is 440 g/mol. The van der Waals surface area contributed by atoms with Crippen LogP contribution >= 0.6 is 0 Å². The fourth-order valence-electron chi connectivity index (χ4n) is 5.00. The highest BCUT2D eigenvalue weighted by Gasteiger charge is 2.29. The summed E-state index contributed by atoms with van der Waals surface area (Å²) in [6, 6.07) is 9.76. The number of likely N-dealkylation sites (tertiary alicyclic amines) is 1. The molecule has 0 amide bonds. The maximum absolute atomic E-state index is 10.5. The second-order valence-corrected chi connectivity index (χ2v) is 10.2. The van der Waals surface area contributed by atoms with Crippen LogP contribution in [0.5, 0.6) is 0 Å². The molecule has 1 atom stereocenters. The number of aromatic nitrogens is 3. The van der Waals surface area contributed by atoms with Crippen molar-refractivity contribution in [2.75, 3.05) is 31.6 Å². The number of nitrogens with zero attached hydrogens (tertiary/aromatic N) is 4. The van der Waals surface area contributed by atoms with E-state index in [-0.39, 0.29) is 0 Å². The third kappa shape index (κ3) is 5.11. The number of hydrogen-bond donors (Lipinski definition) is 3. The normalized spacial score (nSPS) is 20.5. The van der Waals surface area contributed by atoms with E-state index in [4.69, 9.17) is 4.74 Å². The van der Waals surface area contributed by atoms with Gasteiger partial charge in [0.05, 0.1) is 49.2 Å². The number of pyridine rings is 1. The summed E-state index contributed by atoms with van der Waals surface area (Å²) in [6.45, 7) is 6.09. The summed E-state index contributed by atoms with van der Waals surface area (Å²) in [5.41, 5.74) is 6.09. The Morgan fingerprint density at radius 1 is 1.03 bits per heavy atom. The lowest BCUT2D eigenvalue weighted by atomic mass is 10.00. The molecule has 3 fully saturated rings.